The van der Waals surface area contributed by atoms with Crippen molar-refractivity contribution in [3.63, 3.8) is 0 Å². The Labute approximate surface area is 83.9 Å². The number of benzene rings is 1. The molecule has 0 unspecified atom stereocenters. The summed E-state index contributed by atoms with van der Waals surface area (Å²) < 4.78 is 20.5. The summed E-state index contributed by atoms with van der Waals surface area (Å²) in [5.74, 6) is -0.0965. The number of nitrogens with one attached hydrogen (secondary N) is 1. The van der Waals surface area contributed by atoms with Crippen LogP contribution >= 0.6 is 0 Å². The van der Waals surface area contributed by atoms with E-state index in [4.69, 9.17) is 0 Å². The first-order chi connectivity index (χ1) is 6.59. The molecule has 0 bridgehead atoms. The third kappa shape index (κ3) is 3.18. The predicted octanol–water partition coefficient (Wildman–Crippen LogP) is 0.870. The highest BCUT2D eigenvalue weighted by Crippen LogP contribution is 2.09. The van der Waals surface area contributed by atoms with Crippen molar-refractivity contribution in [2.45, 2.75) is 6.92 Å². The molecule has 1 rings (SSSR count). The number of hydrogen-bond donors (Lipinski definition) is 2. The van der Waals surface area contributed by atoms with Gasteiger partial charge < -0.3 is 5.32 Å². The van der Waals surface area contributed by atoms with Crippen LogP contribution in [0.15, 0.2) is 24.3 Å². The first kappa shape index (κ1) is 10.7. The van der Waals surface area contributed by atoms with Crippen LogP contribution in [0, 0.1) is 0 Å². The zero-order valence-electron chi connectivity index (χ0n) is 7.69. The van der Waals surface area contributed by atoms with Gasteiger partial charge in [-0.3, -0.25) is 4.79 Å². The van der Waals surface area contributed by atoms with Crippen LogP contribution in [-0.4, -0.2) is 20.1 Å². The number of rotatable bonds is 4. The van der Waals surface area contributed by atoms with Crippen LogP contribution in [0.25, 0.3) is 0 Å². The molecule has 1 aromatic rings. The summed E-state index contributed by atoms with van der Waals surface area (Å²) in [6.07, 6.45) is 0. The molecular weight excluding hydrogens is 202 g/mol. The van der Waals surface area contributed by atoms with Crippen LogP contribution < -0.4 is 5.32 Å². The first-order valence-corrected chi connectivity index (χ1v) is 5.42. The molecule has 1 N–H and O–H groups in total. The SMILES string of the molecule is CC(=O)c1ccc(NC[SH](=O)=O)cc1. The Kier molecular flexibility index (Phi) is 3.64. The van der Waals surface area contributed by atoms with Gasteiger partial charge in [0.05, 0.1) is 0 Å². The molecule has 0 spiro atoms. The van der Waals surface area contributed by atoms with Crippen molar-refractivity contribution in [1.29, 1.82) is 0 Å². The standard InChI is InChI=1S/C9H11NO3S/c1-7(11)8-2-4-9(5-3-8)10-6-14(12)13/h2-5,10,14H,6H2,1H3. The normalized spacial score (nSPS) is 10.1. The molecular formula is C9H11NO3S. The molecule has 0 aliphatic heterocycles. The van der Waals surface area contributed by atoms with E-state index < -0.39 is 10.7 Å². The quantitative estimate of drug-likeness (QED) is 0.575. The monoisotopic (exact) mass is 213 g/mol. The van der Waals surface area contributed by atoms with Crippen molar-refractivity contribution in [3.05, 3.63) is 29.8 Å². The Hall–Kier alpha value is -1.36. The largest absolute Gasteiger partial charge is 0.372 e. The Balaban J connectivity index is 2.68. The van der Waals surface area contributed by atoms with E-state index in [0.29, 0.717) is 11.3 Å². The summed E-state index contributed by atoms with van der Waals surface area (Å²) in [7, 11) is -2.42. The second-order valence-corrected chi connectivity index (χ2v) is 3.78. The third-order valence-electron chi connectivity index (χ3n) is 1.70. The fraction of sp³-hybridized carbons (Fsp3) is 0.222. The molecule has 0 atom stereocenters. The lowest BCUT2D eigenvalue weighted by atomic mass is 10.1. The van der Waals surface area contributed by atoms with Crippen LogP contribution in [0.5, 0.6) is 0 Å². The summed E-state index contributed by atoms with van der Waals surface area (Å²) in [5.41, 5.74) is 1.30. The highest BCUT2D eigenvalue weighted by Gasteiger charge is 1.98. The van der Waals surface area contributed by atoms with E-state index in [0.717, 1.165) is 0 Å². The van der Waals surface area contributed by atoms with E-state index in [1.54, 1.807) is 24.3 Å². The van der Waals surface area contributed by atoms with Gasteiger partial charge in [0.1, 0.15) is 5.88 Å². The van der Waals surface area contributed by atoms with Gasteiger partial charge in [-0.1, -0.05) is 0 Å². The van der Waals surface area contributed by atoms with Crippen LogP contribution in [0.3, 0.4) is 0 Å². The van der Waals surface area contributed by atoms with Crippen LogP contribution in [0.4, 0.5) is 5.69 Å². The van der Waals surface area contributed by atoms with Gasteiger partial charge in [-0.05, 0) is 31.2 Å². The number of anilines is 1. The van der Waals surface area contributed by atoms with Crippen molar-refractivity contribution in [3.8, 4) is 0 Å². The molecule has 0 heterocycles. The number of carbonyl (C=O) groups is 1. The van der Waals surface area contributed by atoms with Crippen LogP contribution in [0.1, 0.15) is 17.3 Å². The predicted molar refractivity (Wildman–Crippen MR) is 55.3 cm³/mol. The molecule has 0 aromatic heterocycles. The van der Waals surface area contributed by atoms with Gasteiger partial charge in [0, 0.05) is 11.3 Å². The summed E-state index contributed by atoms with van der Waals surface area (Å²) in [6, 6.07) is 6.66. The van der Waals surface area contributed by atoms with Crippen molar-refractivity contribution in [1.82, 2.24) is 0 Å². The number of Topliss-reactive ketones (excluding diaryl/α,β-unsaturated/α-hetero) is 1. The lowest BCUT2D eigenvalue weighted by Crippen LogP contribution is -2.02. The molecule has 0 aliphatic carbocycles. The van der Waals surface area contributed by atoms with E-state index in [1.807, 2.05) is 0 Å². The van der Waals surface area contributed by atoms with E-state index in [1.165, 1.54) is 6.92 Å². The van der Waals surface area contributed by atoms with E-state index >= 15 is 0 Å². The number of carbonyl (C=O) groups excluding carboxylic acids is 1. The zero-order chi connectivity index (χ0) is 10.6. The van der Waals surface area contributed by atoms with Gasteiger partial charge in [-0.25, -0.2) is 8.42 Å². The number of hydrogen-bond acceptors (Lipinski definition) is 4. The highest BCUT2D eigenvalue weighted by atomic mass is 32.2. The summed E-state index contributed by atoms with van der Waals surface area (Å²) in [6.45, 7) is 1.48. The molecule has 0 aliphatic rings. The van der Waals surface area contributed by atoms with Gasteiger partial charge in [-0.2, -0.15) is 0 Å². The topological polar surface area (TPSA) is 63.2 Å². The average Bonchev–Trinajstić information content (AvgIpc) is 2.15. The van der Waals surface area contributed by atoms with Gasteiger partial charge in [0.25, 0.3) is 0 Å². The molecule has 4 nitrogen and oxygen atoms in total. The van der Waals surface area contributed by atoms with Crippen molar-refractivity contribution in [2.75, 3.05) is 11.2 Å². The van der Waals surface area contributed by atoms with E-state index in [-0.39, 0.29) is 11.7 Å². The minimum absolute atomic E-state index is 0.00792. The van der Waals surface area contributed by atoms with Gasteiger partial charge in [-0.15, -0.1) is 0 Å². The third-order valence-corrected chi connectivity index (χ3v) is 2.12. The fourth-order valence-corrected chi connectivity index (χ4v) is 1.29. The first-order valence-electron chi connectivity index (χ1n) is 4.06. The second-order valence-electron chi connectivity index (χ2n) is 2.80. The number of thiol groups is 1. The molecule has 76 valence electrons. The Bertz CT molecular complexity index is 387. The minimum atomic E-state index is -2.42. The van der Waals surface area contributed by atoms with Crippen molar-refractivity contribution in [2.24, 2.45) is 0 Å². The zero-order valence-corrected chi connectivity index (χ0v) is 8.58. The highest BCUT2D eigenvalue weighted by molar-refractivity contribution is 7.72. The Morgan fingerprint density at radius 3 is 2.29 bits per heavy atom. The molecule has 14 heavy (non-hydrogen) atoms. The molecule has 0 radical (unpaired) electrons. The average molecular weight is 213 g/mol. The molecule has 1 aromatic carbocycles. The smallest absolute Gasteiger partial charge is 0.159 e. The Morgan fingerprint density at radius 1 is 1.29 bits per heavy atom. The maximum absolute atomic E-state index is 10.9. The number of ketones is 1. The van der Waals surface area contributed by atoms with E-state index in [2.05, 4.69) is 5.32 Å². The van der Waals surface area contributed by atoms with Gasteiger partial charge in [0.15, 0.2) is 16.5 Å². The lowest BCUT2D eigenvalue weighted by Gasteiger charge is -2.02. The minimum Gasteiger partial charge on any atom is -0.372 e. The van der Waals surface area contributed by atoms with Gasteiger partial charge in [0.2, 0.25) is 0 Å². The maximum Gasteiger partial charge on any atom is 0.159 e. The van der Waals surface area contributed by atoms with Crippen LogP contribution in [0.2, 0.25) is 0 Å². The lowest BCUT2D eigenvalue weighted by molar-refractivity contribution is 0.101. The molecule has 0 amide bonds. The Morgan fingerprint density at radius 2 is 1.86 bits per heavy atom. The summed E-state index contributed by atoms with van der Waals surface area (Å²) >= 11 is 0. The van der Waals surface area contributed by atoms with Crippen molar-refractivity contribution >= 4 is 22.2 Å². The summed E-state index contributed by atoms with van der Waals surface area (Å²) in [5, 5.41) is 2.70. The second kappa shape index (κ2) is 4.76. The van der Waals surface area contributed by atoms with E-state index in [9.17, 15) is 13.2 Å². The molecule has 0 fully saturated rings. The molecule has 5 heteroatoms. The van der Waals surface area contributed by atoms with Crippen molar-refractivity contribution < 1.29 is 13.2 Å². The molecule has 0 saturated heterocycles. The van der Waals surface area contributed by atoms with Crippen LogP contribution in [-0.2, 0) is 10.7 Å². The van der Waals surface area contributed by atoms with Gasteiger partial charge >= 0.3 is 0 Å². The maximum atomic E-state index is 10.9. The molecule has 0 saturated carbocycles. The summed E-state index contributed by atoms with van der Waals surface area (Å²) in [4.78, 5) is 10.9. The fourth-order valence-electron chi connectivity index (χ4n) is 0.979.